The zero-order valence-electron chi connectivity index (χ0n) is 5.85. The maximum Gasteiger partial charge on any atom is 0.113 e. The van der Waals surface area contributed by atoms with Gasteiger partial charge in [0.15, 0.2) is 0 Å². The van der Waals surface area contributed by atoms with Crippen molar-refractivity contribution in [3.63, 3.8) is 0 Å². The molecular formula is C6H11ClO4. The van der Waals surface area contributed by atoms with Crippen LogP contribution >= 0.6 is 11.6 Å². The van der Waals surface area contributed by atoms with Gasteiger partial charge in [0.1, 0.15) is 18.3 Å². The predicted octanol–water partition coefficient (Wildman–Crippen LogP) is -1.29. The molecule has 3 N–H and O–H groups in total. The van der Waals surface area contributed by atoms with Crippen molar-refractivity contribution in [3.05, 3.63) is 0 Å². The second-order valence-electron chi connectivity index (χ2n) is 2.58. The second-order valence-corrected chi connectivity index (χ2v) is 2.89. The quantitative estimate of drug-likeness (QED) is 0.465. The number of hydrogen-bond donors (Lipinski definition) is 3. The molecule has 0 aliphatic carbocycles. The third-order valence-electron chi connectivity index (χ3n) is 1.73. The summed E-state index contributed by atoms with van der Waals surface area (Å²) in [5, 5.41) is 27.3. The lowest BCUT2D eigenvalue weighted by molar-refractivity contribution is -0.0416. The fourth-order valence-corrected chi connectivity index (χ4v) is 1.23. The van der Waals surface area contributed by atoms with E-state index in [1.54, 1.807) is 0 Å². The molecule has 0 spiro atoms. The summed E-state index contributed by atoms with van der Waals surface area (Å²) in [7, 11) is 0. The molecule has 0 aromatic carbocycles. The summed E-state index contributed by atoms with van der Waals surface area (Å²) in [6, 6.07) is 0. The number of alkyl halides is 1. The van der Waals surface area contributed by atoms with Gasteiger partial charge in [-0.3, -0.25) is 0 Å². The molecular weight excluding hydrogens is 172 g/mol. The smallest absolute Gasteiger partial charge is 0.113 e. The molecule has 0 aromatic heterocycles. The van der Waals surface area contributed by atoms with Crippen LogP contribution in [-0.2, 0) is 4.74 Å². The zero-order valence-corrected chi connectivity index (χ0v) is 6.61. The minimum Gasteiger partial charge on any atom is -0.389 e. The number of aliphatic hydroxyl groups is 3. The van der Waals surface area contributed by atoms with Crippen molar-refractivity contribution in [2.45, 2.75) is 24.4 Å². The molecule has 4 atom stereocenters. The molecule has 11 heavy (non-hydrogen) atoms. The molecule has 5 heteroatoms. The molecule has 1 fully saturated rings. The summed E-state index contributed by atoms with van der Waals surface area (Å²) < 4.78 is 4.90. The molecule has 0 amide bonds. The van der Waals surface area contributed by atoms with Gasteiger partial charge in [-0.25, -0.2) is 0 Å². The Bertz CT molecular complexity index is 132. The van der Waals surface area contributed by atoms with E-state index in [0.717, 1.165) is 0 Å². The van der Waals surface area contributed by atoms with E-state index in [1.807, 2.05) is 0 Å². The largest absolute Gasteiger partial charge is 0.389 e. The maximum atomic E-state index is 9.17. The lowest BCUT2D eigenvalue weighted by atomic mass is 10.1. The Morgan fingerprint density at radius 1 is 1.55 bits per heavy atom. The molecule has 0 saturated carbocycles. The molecule has 4 nitrogen and oxygen atoms in total. The van der Waals surface area contributed by atoms with Crippen LogP contribution in [0.15, 0.2) is 0 Å². The minimum absolute atomic E-state index is 0.00551. The first kappa shape index (κ1) is 9.22. The van der Waals surface area contributed by atoms with Crippen LogP contribution in [0, 0.1) is 0 Å². The molecule has 0 radical (unpaired) electrons. The fraction of sp³-hybridized carbons (Fsp3) is 1.00. The Kier molecular flexibility index (Phi) is 3.09. The van der Waals surface area contributed by atoms with Crippen LogP contribution in [0.2, 0.25) is 0 Å². The van der Waals surface area contributed by atoms with Crippen LogP contribution in [0.4, 0.5) is 0 Å². The number of hydrogen-bond acceptors (Lipinski definition) is 4. The summed E-state index contributed by atoms with van der Waals surface area (Å²) in [5.41, 5.74) is 0. The summed E-state index contributed by atoms with van der Waals surface area (Å²) in [6.07, 6.45) is -3.59. The Morgan fingerprint density at radius 2 is 2.18 bits per heavy atom. The van der Waals surface area contributed by atoms with Gasteiger partial charge in [-0.15, -0.1) is 11.6 Å². The van der Waals surface area contributed by atoms with Crippen LogP contribution in [0.1, 0.15) is 0 Å². The van der Waals surface area contributed by atoms with Crippen LogP contribution in [0.5, 0.6) is 0 Å². The third kappa shape index (κ3) is 1.83. The highest BCUT2D eigenvalue weighted by atomic mass is 35.5. The first-order valence-electron chi connectivity index (χ1n) is 3.38. The molecule has 2 unspecified atom stereocenters. The van der Waals surface area contributed by atoms with Gasteiger partial charge in [0.05, 0.1) is 18.6 Å². The Hall–Kier alpha value is 0.130. The normalized spacial score (nSPS) is 40.9. The monoisotopic (exact) mass is 182 g/mol. The second kappa shape index (κ2) is 3.69. The minimum atomic E-state index is -1.02. The third-order valence-corrected chi connectivity index (χ3v) is 2.04. The molecule has 1 aliphatic rings. The first-order chi connectivity index (χ1) is 5.16. The van der Waals surface area contributed by atoms with Gasteiger partial charge in [-0.2, -0.15) is 0 Å². The average Bonchev–Trinajstić information content (AvgIpc) is 2.32. The van der Waals surface area contributed by atoms with E-state index in [1.165, 1.54) is 0 Å². The Morgan fingerprint density at radius 3 is 2.55 bits per heavy atom. The van der Waals surface area contributed by atoms with Gasteiger partial charge in [0, 0.05) is 0 Å². The number of rotatable bonds is 2. The highest BCUT2D eigenvalue weighted by Gasteiger charge is 2.38. The molecule has 1 heterocycles. The van der Waals surface area contributed by atoms with E-state index in [-0.39, 0.29) is 12.5 Å². The summed E-state index contributed by atoms with van der Waals surface area (Å²) in [5.74, 6) is -0.00551. The van der Waals surface area contributed by atoms with E-state index in [2.05, 4.69) is 0 Å². The van der Waals surface area contributed by atoms with E-state index >= 15 is 0 Å². The van der Waals surface area contributed by atoms with Crippen molar-refractivity contribution in [2.75, 3.05) is 12.5 Å². The van der Waals surface area contributed by atoms with Gasteiger partial charge in [-0.05, 0) is 0 Å². The molecule has 1 rings (SSSR count). The van der Waals surface area contributed by atoms with E-state index < -0.39 is 24.4 Å². The van der Waals surface area contributed by atoms with Crippen molar-refractivity contribution >= 4 is 11.6 Å². The number of aliphatic hydroxyl groups excluding tert-OH is 3. The highest BCUT2D eigenvalue weighted by molar-refractivity contribution is 6.18. The van der Waals surface area contributed by atoms with Gasteiger partial charge < -0.3 is 20.1 Å². The van der Waals surface area contributed by atoms with E-state index in [9.17, 15) is 0 Å². The van der Waals surface area contributed by atoms with Crippen molar-refractivity contribution in [1.82, 2.24) is 0 Å². The van der Waals surface area contributed by atoms with Crippen molar-refractivity contribution in [2.24, 2.45) is 0 Å². The van der Waals surface area contributed by atoms with Crippen molar-refractivity contribution in [1.29, 1.82) is 0 Å². The number of ether oxygens (including phenoxy) is 1. The number of halogens is 1. The van der Waals surface area contributed by atoms with Crippen LogP contribution in [0.3, 0.4) is 0 Å². The van der Waals surface area contributed by atoms with Crippen molar-refractivity contribution < 1.29 is 20.1 Å². The lowest BCUT2D eigenvalue weighted by Gasteiger charge is -2.18. The van der Waals surface area contributed by atoms with Crippen LogP contribution in [-0.4, -0.2) is 52.2 Å². The molecule has 1 aliphatic heterocycles. The van der Waals surface area contributed by atoms with Crippen LogP contribution < -0.4 is 0 Å². The van der Waals surface area contributed by atoms with Gasteiger partial charge in [0.25, 0.3) is 0 Å². The fourth-order valence-electron chi connectivity index (χ4n) is 1.05. The topological polar surface area (TPSA) is 69.9 Å². The first-order valence-corrected chi connectivity index (χ1v) is 3.92. The SMILES string of the molecule is OC1CO[C@H](C(O)CCl)[C@@H]1O. The standard InChI is InChI=1S/C6H11ClO4/c7-1-3(8)6-5(10)4(9)2-11-6/h3-6,8-10H,1-2H2/t3?,4?,5-,6-/m1/s1. The summed E-state index contributed by atoms with van der Waals surface area (Å²) in [6.45, 7) is 0.0553. The molecule has 0 bridgehead atoms. The Balaban J connectivity index is 2.47. The average molecular weight is 183 g/mol. The highest BCUT2D eigenvalue weighted by Crippen LogP contribution is 2.17. The van der Waals surface area contributed by atoms with Gasteiger partial charge in [0.2, 0.25) is 0 Å². The predicted molar refractivity (Wildman–Crippen MR) is 38.5 cm³/mol. The van der Waals surface area contributed by atoms with Gasteiger partial charge >= 0.3 is 0 Å². The molecule has 0 aromatic rings. The maximum absolute atomic E-state index is 9.17. The molecule has 66 valence electrons. The lowest BCUT2D eigenvalue weighted by Crippen LogP contribution is -2.39. The van der Waals surface area contributed by atoms with Gasteiger partial charge in [-0.1, -0.05) is 0 Å². The van der Waals surface area contributed by atoms with E-state index in [4.69, 9.17) is 31.7 Å². The summed E-state index contributed by atoms with van der Waals surface area (Å²) in [4.78, 5) is 0. The van der Waals surface area contributed by atoms with Crippen molar-refractivity contribution in [3.8, 4) is 0 Å². The zero-order chi connectivity index (χ0) is 8.43. The Labute approximate surface area is 69.4 Å². The molecule has 1 saturated heterocycles. The van der Waals surface area contributed by atoms with E-state index in [0.29, 0.717) is 0 Å². The van der Waals surface area contributed by atoms with Crippen LogP contribution in [0.25, 0.3) is 0 Å². The summed E-state index contributed by atoms with van der Waals surface area (Å²) >= 11 is 5.32.